The highest BCUT2D eigenvalue weighted by atomic mass is 32.2. The lowest BCUT2D eigenvalue weighted by atomic mass is 10.0. The molecule has 0 radical (unpaired) electrons. The molecule has 3 aromatic rings. The van der Waals surface area contributed by atoms with Gasteiger partial charge in [-0.1, -0.05) is 48.2 Å². The number of thioether (sulfide) groups is 2. The van der Waals surface area contributed by atoms with Crippen molar-refractivity contribution in [3.63, 3.8) is 0 Å². The molecular formula is C17H15N3O2S2. The molecule has 122 valence electrons. The van der Waals surface area contributed by atoms with Crippen molar-refractivity contribution < 1.29 is 9.90 Å². The van der Waals surface area contributed by atoms with Crippen LogP contribution in [0.15, 0.2) is 58.5 Å². The van der Waals surface area contributed by atoms with Crippen LogP contribution in [0.25, 0.3) is 11.1 Å². The molecule has 1 aromatic heterocycles. The van der Waals surface area contributed by atoms with Crippen LogP contribution in [0, 0.1) is 0 Å². The van der Waals surface area contributed by atoms with Gasteiger partial charge in [-0.2, -0.15) is 5.21 Å². The third-order valence-corrected chi connectivity index (χ3v) is 5.25. The summed E-state index contributed by atoms with van der Waals surface area (Å²) in [4.78, 5) is 12.2. The minimum absolute atomic E-state index is 0.0366. The molecular weight excluding hydrogens is 342 g/mol. The van der Waals surface area contributed by atoms with E-state index in [9.17, 15) is 4.79 Å². The van der Waals surface area contributed by atoms with Crippen LogP contribution in [0.5, 0.6) is 0 Å². The van der Waals surface area contributed by atoms with Crippen molar-refractivity contribution in [1.82, 2.24) is 15.4 Å². The van der Waals surface area contributed by atoms with Crippen LogP contribution in [0.2, 0.25) is 0 Å². The van der Waals surface area contributed by atoms with Gasteiger partial charge in [0, 0.05) is 10.6 Å². The first-order valence-corrected chi connectivity index (χ1v) is 9.38. The number of aromatic amines is 1. The molecule has 3 rings (SSSR count). The van der Waals surface area contributed by atoms with E-state index in [1.807, 2.05) is 12.1 Å². The van der Waals surface area contributed by atoms with E-state index < -0.39 is 5.97 Å². The molecule has 24 heavy (non-hydrogen) atoms. The number of nitrogens with zero attached hydrogens (tertiary/aromatic N) is 2. The van der Waals surface area contributed by atoms with E-state index in [-0.39, 0.29) is 5.69 Å². The Hall–Kier alpha value is -2.25. The maximum absolute atomic E-state index is 11.0. The van der Waals surface area contributed by atoms with E-state index >= 15 is 0 Å². The van der Waals surface area contributed by atoms with Crippen molar-refractivity contribution >= 4 is 29.5 Å². The number of H-pyrrole nitrogens is 1. The van der Waals surface area contributed by atoms with Gasteiger partial charge in [0.2, 0.25) is 5.69 Å². The number of nitrogens with one attached hydrogen (secondary N) is 1. The first kappa shape index (κ1) is 16.6. The zero-order chi connectivity index (χ0) is 16.9. The Balaban J connectivity index is 1.68. The predicted molar refractivity (Wildman–Crippen MR) is 96.6 cm³/mol. The number of carbonyl (C=O) groups is 1. The summed E-state index contributed by atoms with van der Waals surface area (Å²) in [5.41, 5.74) is 3.40. The van der Waals surface area contributed by atoms with Crippen LogP contribution in [0.1, 0.15) is 16.1 Å². The Labute approximate surface area is 147 Å². The highest BCUT2D eigenvalue weighted by Gasteiger charge is 2.15. The zero-order valence-electron chi connectivity index (χ0n) is 12.9. The average molecular weight is 357 g/mol. The molecule has 0 aliphatic rings. The van der Waals surface area contributed by atoms with E-state index in [1.165, 1.54) is 22.2 Å². The fourth-order valence-corrected chi connectivity index (χ4v) is 3.47. The average Bonchev–Trinajstić information content (AvgIpc) is 3.09. The molecule has 0 unspecified atom stereocenters. The number of benzene rings is 2. The monoisotopic (exact) mass is 357 g/mol. The maximum atomic E-state index is 11.0. The van der Waals surface area contributed by atoms with Crippen molar-refractivity contribution in [3.8, 4) is 11.1 Å². The molecule has 0 amide bonds. The fourth-order valence-electron chi connectivity index (χ4n) is 2.19. The van der Waals surface area contributed by atoms with Gasteiger partial charge < -0.3 is 5.11 Å². The molecule has 0 aliphatic carbocycles. The second-order valence-electron chi connectivity index (χ2n) is 5.00. The summed E-state index contributed by atoms with van der Waals surface area (Å²) in [7, 11) is 0. The normalized spacial score (nSPS) is 10.7. The van der Waals surface area contributed by atoms with Gasteiger partial charge in [-0.25, -0.2) is 4.79 Å². The summed E-state index contributed by atoms with van der Waals surface area (Å²) in [6.07, 6.45) is 2.06. The van der Waals surface area contributed by atoms with Crippen LogP contribution in [0.4, 0.5) is 0 Å². The second-order valence-corrected chi connectivity index (χ2v) is 6.84. The lowest BCUT2D eigenvalue weighted by molar-refractivity contribution is 0.0686. The van der Waals surface area contributed by atoms with E-state index in [2.05, 4.69) is 58.1 Å². The van der Waals surface area contributed by atoms with Gasteiger partial charge in [0.05, 0.1) is 0 Å². The molecule has 0 saturated heterocycles. The smallest absolute Gasteiger partial charge is 0.359 e. The molecule has 0 spiro atoms. The highest BCUT2D eigenvalue weighted by Crippen LogP contribution is 2.26. The summed E-state index contributed by atoms with van der Waals surface area (Å²) in [5.74, 6) is -0.436. The standard InChI is InChI=1S/C17H15N3O2S2/c1-23-14-8-6-13(7-9-14)12-4-2-11(3-5-12)10-24-16-15(17(21)22)18-20-19-16/h2-9H,10H2,1H3,(H,21,22)(H,18,19,20). The Morgan fingerprint density at radius 2 is 1.67 bits per heavy atom. The van der Waals surface area contributed by atoms with Gasteiger partial charge in [-0.3, -0.25) is 0 Å². The van der Waals surface area contributed by atoms with Crippen LogP contribution in [0.3, 0.4) is 0 Å². The first-order chi connectivity index (χ1) is 11.7. The molecule has 0 fully saturated rings. The van der Waals surface area contributed by atoms with E-state index in [0.29, 0.717) is 10.8 Å². The van der Waals surface area contributed by atoms with Gasteiger partial charge in [0.15, 0.2) is 5.03 Å². The van der Waals surface area contributed by atoms with Crippen molar-refractivity contribution in [2.45, 2.75) is 15.7 Å². The number of hydrogen-bond acceptors (Lipinski definition) is 5. The Morgan fingerprint density at radius 1 is 1.04 bits per heavy atom. The molecule has 0 aliphatic heterocycles. The third kappa shape index (κ3) is 3.80. The Kier molecular flexibility index (Phi) is 5.22. The topological polar surface area (TPSA) is 78.9 Å². The molecule has 0 saturated carbocycles. The number of carboxylic acids is 1. The number of aromatic nitrogens is 3. The number of rotatable bonds is 6. The predicted octanol–water partition coefficient (Wildman–Crippen LogP) is 4.18. The van der Waals surface area contributed by atoms with Crippen molar-refractivity contribution in [3.05, 3.63) is 59.8 Å². The highest BCUT2D eigenvalue weighted by molar-refractivity contribution is 7.98. The quantitative estimate of drug-likeness (QED) is 0.644. The maximum Gasteiger partial charge on any atom is 0.359 e. The van der Waals surface area contributed by atoms with Crippen LogP contribution >= 0.6 is 23.5 Å². The minimum atomic E-state index is -1.07. The zero-order valence-corrected chi connectivity index (χ0v) is 14.5. The molecule has 2 aromatic carbocycles. The summed E-state index contributed by atoms with van der Waals surface area (Å²) < 4.78 is 0. The molecule has 1 heterocycles. The fraction of sp³-hybridized carbons (Fsp3) is 0.118. The minimum Gasteiger partial charge on any atom is -0.476 e. The van der Waals surface area contributed by atoms with Crippen molar-refractivity contribution in [1.29, 1.82) is 0 Å². The number of hydrogen-bond donors (Lipinski definition) is 2. The summed E-state index contributed by atoms with van der Waals surface area (Å²) in [6.45, 7) is 0. The first-order valence-electron chi connectivity index (χ1n) is 7.17. The van der Waals surface area contributed by atoms with Gasteiger partial charge >= 0.3 is 5.97 Å². The molecule has 0 atom stereocenters. The van der Waals surface area contributed by atoms with Gasteiger partial charge in [0.1, 0.15) is 0 Å². The van der Waals surface area contributed by atoms with Crippen molar-refractivity contribution in [2.75, 3.05) is 6.26 Å². The Bertz CT molecular complexity index is 830. The van der Waals surface area contributed by atoms with E-state index in [1.54, 1.807) is 11.8 Å². The molecule has 7 heteroatoms. The largest absolute Gasteiger partial charge is 0.476 e. The summed E-state index contributed by atoms with van der Waals surface area (Å²) in [5, 5.41) is 19.3. The van der Waals surface area contributed by atoms with Crippen molar-refractivity contribution in [2.24, 2.45) is 0 Å². The lowest BCUT2D eigenvalue weighted by Crippen LogP contribution is -1.98. The SMILES string of the molecule is CSc1ccc(-c2ccc(CSc3n[nH]nc3C(=O)O)cc2)cc1. The second kappa shape index (κ2) is 7.55. The van der Waals surface area contributed by atoms with Crippen LogP contribution in [-0.4, -0.2) is 32.7 Å². The number of aromatic carboxylic acids is 1. The van der Waals surface area contributed by atoms with E-state index in [0.717, 1.165) is 11.1 Å². The van der Waals surface area contributed by atoms with Gasteiger partial charge in [0.25, 0.3) is 0 Å². The molecule has 5 nitrogen and oxygen atoms in total. The molecule has 2 N–H and O–H groups in total. The van der Waals surface area contributed by atoms with Crippen LogP contribution in [-0.2, 0) is 5.75 Å². The van der Waals surface area contributed by atoms with Gasteiger partial charge in [-0.15, -0.1) is 22.0 Å². The van der Waals surface area contributed by atoms with Crippen LogP contribution < -0.4 is 0 Å². The molecule has 0 bridgehead atoms. The summed E-state index contributed by atoms with van der Waals surface area (Å²) in [6, 6.07) is 16.7. The Morgan fingerprint density at radius 3 is 2.25 bits per heavy atom. The lowest BCUT2D eigenvalue weighted by Gasteiger charge is -2.05. The number of carboxylic acid groups (broad SMARTS) is 1. The summed E-state index contributed by atoms with van der Waals surface area (Å²) >= 11 is 3.08. The third-order valence-electron chi connectivity index (χ3n) is 3.47. The van der Waals surface area contributed by atoms with E-state index in [4.69, 9.17) is 5.11 Å². The van der Waals surface area contributed by atoms with Gasteiger partial charge in [-0.05, 0) is 35.1 Å².